The Balaban J connectivity index is 2.02. The van der Waals surface area contributed by atoms with Crippen molar-refractivity contribution >= 4 is 5.91 Å². The van der Waals surface area contributed by atoms with E-state index in [1.807, 2.05) is 4.90 Å². The molecular formula is C12H22N2O2. The lowest BCUT2D eigenvalue weighted by atomic mass is 9.75. The van der Waals surface area contributed by atoms with Gasteiger partial charge in [-0.25, -0.2) is 0 Å². The summed E-state index contributed by atoms with van der Waals surface area (Å²) in [5.74, 6) is 0.256. The zero-order chi connectivity index (χ0) is 11.6. The minimum absolute atomic E-state index is 0.187. The summed E-state index contributed by atoms with van der Waals surface area (Å²) in [6.45, 7) is 5.04. The van der Waals surface area contributed by atoms with Crippen molar-refractivity contribution in [1.29, 1.82) is 0 Å². The molecule has 0 aromatic rings. The molecule has 2 heterocycles. The fourth-order valence-electron chi connectivity index (χ4n) is 2.91. The molecule has 1 unspecified atom stereocenters. The molecule has 4 nitrogen and oxygen atoms in total. The minimum Gasteiger partial charge on any atom is -0.389 e. The fourth-order valence-corrected chi connectivity index (χ4v) is 2.91. The van der Waals surface area contributed by atoms with Crippen molar-refractivity contribution in [2.45, 2.75) is 38.7 Å². The molecule has 2 fully saturated rings. The average molecular weight is 226 g/mol. The van der Waals surface area contributed by atoms with Gasteiger partial charge in [0.1, 0.15) is 0 Å². The smallest absolute Gasteiger partial charge is 0.230 e. The maximum Gasteiger partial charge on any atom is 0.230 e. The van der Waals surface area contributed by atoms with Gasteiger partial charge in [-0.3, -0.25) is 4.79 Å². The van der Waals surface area contributed by atoms with E-state index in [4.69, 9.17) is 0 Å². The molecule has 0 saturated carbocycles. The van der Waals surface area contributed by atoms with Crippen LogP contribution < -0.4 is 5.32 Å². The number of aliphatic hydroxyl groups excluding tert-OH is 1. The van der Waals surface area contributed by atoms with Crippen LogP contribution in [0.5, 0.6) is 0 Å². The predicted molar refractivity (Wildman–Crippen MR) is 62.0 cm³/mol. The summed E-state index contributed by atoms with van der Waals surface area (Å²) in [5, 5.41) is 12.6. The lowest BCUT2D eigenvalue weighted by molar-refractivity contribution is -0.154. The number of likely N-dealkylation sites (tertiary alicyclic amines) is 1. The van der Waals surface area contributed by atoms with Crippen molar-refractivity contribution in [2.24, 2.45) is 5.41 Å². The Bertz CT molecular complexity index is 250. The first-order chi connectivity index (χ1) is 7.68. The van der Waals surface area contributed by atoms with Crippen molar-refractivity contribution in [2.75, 3.05) is 26.2 Å². The molecule has 2 aliphatic rings. The van der Waals surface area contributed by atoms with Crippen molar-refractivity contribution in [3.63, 3.8) is 0 Å². The highest BCUT2D eigenvalue weighted by atomic mass is 16.3. The highest BCUT2D eigenvalue weighted by molar-refractivity contribution is 5.84. The Morgan fingerprint density at radius 3 is 2.81 bits per heavy atom. The van der Waals surface area contributed by atoms with E-state index in [0.717, 1.165) is 38.8 Å². The van der Waals surface area contributed by atoms with Crippen LogP contribution in [0.4, 0.5) is 0 Å². The number of aliphatic hydroxyl groups is 1. The van der Waals surface area contributed by atoms with Gasteiger partial charge in [-0.15, -0.1) is 0 Å². The van der Waals surface area contributed by atoms with E-state index in [1.54, 1.807) is 0 Å². The third-order valence-electron chi connectivity index (χ3n) is 3.80. The number of nitrogens with one attached hydrogen (secondary N) is 1. The average Bonchev–Trinajstić information content (AvgIpc) is 2.26. The van der Waals surface area contributed by atoms with E-state index < -0.39 is 0 Å². The molecule has 1 atom stereocenters. The number of rotatable bonds is 3. The van der Waals surface area contributed by atoms with E-state index in [2.05, 4.69) is 12.2 Å². The van der Waals surface area contributed by atoms with Gasteiger partial charge in [0, 0.05) is 19.6 Å². The molecule has 4 heteroatoms. The maximum atomic E-state index is 12.4. The van der Waals surface area contributed by atoms with Crippen LogP contribution in [-0.2, 0) is 4.79 Å². The molecule has 16 heavy (non-hydrogen) atoms. The second-order valence-corrected chi connectivity index (χ2v) is 5.17. The van der Waals surface area contributed by atoms with Crippen LogP contribution in [0.3, 0.4) is 0 Å². The lowest BCUT2D eigenvalue weighted by Gasteiger charge is -2.45. The van der Waals surface area contributed by atoms with Crippen molar-refractivity contribution in [3.05, 3.63) is 0 Å². The molecule has 2 rings (SSSR count). The van der Waals surface area contributed by atoms with Gasteiger partial charge < -0.3 is 15.3 Å². The van der Waals surface area contributed by atoms with E-state index in [1.165, 1.54) is 0 Å². The van der Waals surface area contributed by atoms with Gasteiger partial charge >= 0.3 is 0 Å². The van der Waals surface area contributed by atoms with Gasteiger partial charge in [0.2, 0.25) is 5.91 Å². The first-order valence-electron chi connectivity index (χ1n) is 6.36. The van der Waals surface area contributed by atoms with Crippen LogP contribution >= 0.6 is 0 Å². The molecule has 0 spiro atoms. The molecule has 1 amide bonds. The van der Waals surface area contributed by atoms with E-state index in [9.17, 15) is 9.90 Å². The Morgan fingerprint density at radius 2 is 2.31 bits per heavy atom. The molecule has 92 valence electrons. The van der Waals surface area contributed by atoms with E-state index in [-0.39, 0.29) is 17.4 Å². The number of carbonyl (C=O) groups excluding carboxylic acids is 1. The number of carbonyl (C=O) groups is 1. The third-order valence-corrected chi connectivity index (χ3v) is 3.80. The Morgan fingerprint density at radius 1 is 1.56 bits per heavy atom. The highest BCUT2D eigenvalue weighted by Crippen LogP contribution is 2.35. The zero-order valence-electron chi connectivity index (χ0n) is 10.0. The molecule has 0 aromatic carbocycles. The fraction of sp³-hybridized carbons (Fsp3) is 0.917. The normalized spacial score (nSPS) is 31.2. The SMILES string of the molecule is CCCC1(C(=O)N2CC(O)C2)CCCNC1. The van der Waals surface area contributed by atoms with Crippen LogP contribution in [0.1, 0.15) is 32.6 Å². The predicted octanol–water partition coefficient (Wildman–Crippen LogP) is 0.359. The second kappa shape index (κ2) is 4.72. The summed E-state index contributed by atoms with van der Waals surface area (Å²) < 4.78 is 0. The molecule has 2 aliphatic heterocycles. The van der Waals surface area contributed by atoms with Crippen LogP contribution in [0.2, 0.25) is 0 Å². The summed E-state index contributed by atoms with van der Waals surface area (Å²) in [6.07, 6.45) is 3.80. The largest absolute Gasteiger partial charge is 0.389 e. The number of piperidine rings is 1. The van der Waals surface area contributed by atoms with Gasteiger partial charge in [-0.05, 0) is 25.8 Å². The van der Waals surface area contributed by atoms with E-state index in [0.29, 0.717) is 13.1 Å². The Labute approximate surface area is 97.0 Å². The quantitative estimate of drug-likeness (QED) is 0.730. The van der Waals surface area contributed by atoms with Crippen molar-refractivity contribution in [1.82, 2.24) is 10.2 Å². The van der Waals surface area contributed by atoms with Crippen molar-refractivity contribution < 1.29 is 9.90 Å². The standard InChI is InChI=1S/C12H22N2O2/c1-2-4-12(5-3-6-13-9-12)11(16)14-7-10(15)8-14/h10,13,15H,2-9H2,1H3. The summed E-state index contributed by atoms with van der Waals surface area (Å²) in [6, 6.07) is 0. The summed E-state index contributed by atoms with van der Waals surface area (Å²) in [4.78, 5) is 14.2. The Kier molecular flexibility index (Phi) is 3.50. The zero-order valence-corrected chi connectivity index (χ0v) is 10.0. The monoisotopic (exact) mass is 226 g/mol. The molecule has 0 aromatic heterocycles. The molecule has 0 bridgehead atoms. The topological polar surface area (TPSA) is 52.6 Å². The Hall–Kier alpha value is -0.610. The number of hydrogen-bond acceptors (Lipinski definition) is 3. The molecule has 0 aliphatic carbocycles. The first kappa shape index (κ1) is 11.9. The van der Waals surface area contributed by atoms with Gasteiger partial charge in [0.05, 0.1) is 11.5 Å². The second-order valence-electron chi connectivity index (χ2n) is 5.17. The van der Waals surface area contributed by atoms with Gasteiger partial charge in [0.15, 0.2) is 0 Å². The minimum atomic E-state index is -0.292. The van der Waals surface area contributed by atoms with Crippen LogP contribution in [0, 0.1) is 5.41 Å². The van der Waals surface area contributed by atoms with Gasteiger partial charge in [-0.2, -0.15) is 0 Å². The number of nitrogens with zero attached hydrogens (tertiary/aromatic N) is 1. The summed E-state index contributed by atoms with van der Waals surface area (Å²) in [5.41, 5.74) is -0.187. The molecule has 0 radical (unpaired) electrons. The van der Waals surface area contributed by atoms with Crippen molar-refractivity contribution in [3.8, 4) is 0 Å². The summed E-state index contributed by atoms with van der Waals surface area (Å²) in [7, 11) is 0. The molecule has 2 saturated heterocycles. The summed E-state index contributed by atoms with van der Waals surface area (Å²) >= 11 is 0. The van der Waals surface area contributed by atoms with E-state index >= 15 is 0 Å². The first-order valence-corrected chi connectivity index (χ1v) is 6.36. The number of hydrogen-bond donors (Lipinski definition) is 2. The number of amides is 1. The molecular weight excluding hydrogens is 204 g/mol. The van der Waals surface area contributed by atoms with Crippen LogP contribution in [0.15, 0.2) is 0 Å². The van der Waals surface area contributed by atoms with Crippen LogP contribution in [0.25, 0.3) is 0 Å². The van der Waals surface area contributed by atoms with Gasteiger partial charge in [-0.1, -0.05) is 13.3 Å². The number of β-amino-alcohol motifs (C(OH)–C–C–N with tert-alkyl or cyclic N) is 1. The van der Waals surface area contributed by atoms with Gasteiger partial charge in [0.25, 0.3) is 0 Å². The van der Waals surface area contributed by atoms with Crippen LogP contribution in [-0.4, -0.2) is 48.2 Å². The molecule has 2 N–H and O–H groups in total. The maximum absolute atomic E-state index is 12.4. The highest BCUT2D eigenvalue weighted by Gasteiger charge is 2.44. The lowest BCUT2D eigenvalue weighted by Crippen LogP contribution is -2.60. The third kappa shape index (κ3) is 2.09.